The van der Waals surface area contributed by atoms with Crippen LogP contribution in [0.2, 0.25) is 0 Å². The molecule has 0 radical (unpaired) electrons. The molecule has 1 atom stereocenters. The van der Waals surface area contributed by atoms with Gasteiger partial charge in [0.2, 0.25) is 5.91 Å². The number of nitrogens with two attached hydrogens (primary N) is 1. The van der Waals surface area contributed by atoms with E-state index in [-0.39, 0.29) is 11.9 Å². The van der Waals surface area contributed by atoms with Gasteiger partial charge in [0.05, 0.1) is 17.1 Å². The van der Waals surface area contributed by atoms with E-state index in [4.69, 9.17) is 15.6 Å². The van der Waals surface area contributed by atoms with Crippen molar-refractivity contribution in [2.45, 2.75) is 44.4 Å². The summed E-state index contributed by atoms with van der Waals surface area (Å²) in [7, 11) is 0. The number of nitrogens with zero attached hydrogens (tertiary/aromatic N) is 2. The summed E-state index contributed by atoms with van der Waals surface area (Å²) in [5.41, 5.74) is 10.1. The topological polar surface area (TPSA) is 96.5 Å². The fraction of sp³-hybridized carbons (Fsp3) is 0.292. The molecule has 1 aliphatic rings. The first-order chi connectivity index (χ1) is 15.4. The van der Waals surface area contributed by atoms with Gasteiger partial charge in [0.25, 0.3) is 0 Å². The highest BCUT2D eigenvalue weighted by Crippen LogP contribution is 2.45. The maximum atomic E-state index is 13.1. The van der Waals surface area contributed by atoms with E-state index in [9.17, 15) is 18.0 Å². The number of carbonyl (C=O) groups is 2. The second-order valence-electron chi connectivity index (χ2n) is 8.21. The molecule has 1 amide bonds. The van der Waals surface area contributed by atoms with E-state index in [1.165, 1.54) is 0 Å². The maximum Gasteiger partial charge on any atom is 0.490 e. The van der Waals surface area contributed by atoms with Crippen molar-refractivity contribution in [2.24, 2.45) is 5.73 Å². The largest absolute Gasteiger partial charge is 0.490 e. The van der Waals surface area contributed by atoms with E-state index < -0.39 is 17.7 Å². The molecule has 0 saturated heterocycles. The molecule has 1 unspecified atom stereocenters. The number of anilines is 1. The van der Waals surface area contributed by atoms with Crippen LogP contribution in [0.25, 0.3) is 10.9 Å². The molecule has 0 fully saturated rings. The Morgan fingerprint density at radius 2 is 1.70 bits per heavy atom. The predicted molar refractivity (Wildman–Crippen MR) is 119 cm³/mol. The van der Waals surface area contributed by atoms with Gasteiger partial charge < -0.3 is 15.7 Å². The van der Waals surface area contributed by atoms with E-state index in [0.29, 0.717) is 12.8 Å². The lowest BCUT2D eigenvalue weighted by Gasteiger charge is -2.35. The third-order valence-corrected chi connectivity index (χ3v) is 5.69. The second kappa shape index (κ2) is 9.19. The predicted octanol–water partition coefficient (Wildman–Crippen LogP) is 4.63. The Morgan fingerprint density at radius 3 is 2.36 bits per heavy atom. The number of carboxylic acids is 1. The first-order valence-corrected chi connectivity index (χ1v) is 10.2. The third-order valence-electron chi connectivity index (χ3n) is 5.69. The number of carboxylic acid groups (broad SMARTS) is 1. The molecule has 9 heteroatoms. The monoisotopic (exact) mass is 459 g/mol. The normalized spacial score (nSPS) is 16.7. The number of aliphatic carboxylic acids is 1. The maximum absolute atomic E-state index is 13.1. The highest BCUT2D eigenvalue weighted by atomic mass is 19.4. The summed E-state index contributed by atoms with van der Waals surface area (Å²) in [4.78, 5) is 28.3. The zero-order valence-corrected chi connectivity index (χ0v) is 18.1. The summed E-state index contributed by atoms with van der Waals surface area (Å²) < 4.78 is 31.7. The van der Waals surface area contributed by atoms with Crippen LogP contribution in [0, 0.1) is 0 Å². The molecule has 1 aromatic heterocycles. The molecule has 2 aromatic carbocycles. The van der Waals surface area contributed by atoms with Crippen molar-refractivity contribution in [3.8, 4) is 0 Å². The van der Waals surface area contributed by atoms with Crippen molar-refractivity contribution in [3.63, 3.8) is 0 Å². The van der Waals surface area contributed by atoms with E-state index in [0.717, 1.165) is 27.7 Å². The van der Waals surface area contributed by atoms with Gasteiger partial charge in [0.1, 0.15) is 0 Å². The molecular formula is C24H24F3N3O3. The number of fused-ring (bicyclic) bond motifs is 2. The molecule has 4 rings (SSSR count). The van der Waals surface area contributed by atoms with Crippen molar-refractivity contribution in [2.75, 3.05) is 4.90 Å². The van der Waals surface area contributed by atoms with Crippen molar-refractivity contribution >= 4 is 28.5 Å². The Morgan fingerprint density at radius 1 is 1.09 bits per heavy atom. The minimum Gasteiger partial charge on any atom is -0.475 e. The van der Waals surface area contributed by atoms with Gasteiger partial charge >= 0.3 is 12.1 Å². The summed E-state index contributed by atoms with van der Waals surface area (Å²) in [6.07, 6.45) is -2.14. The third kappa shape index (κ3) is 4.98. The molecule has 174 valence electrons. The summed E-state index contributed by atoms with van der Waals surface area (Å²) in [6.45, 7) is 4.08. The molecular weight excluding hydrogens is 435 g/mol. The van der Waals surface area contributed by atoms with Crippen LogP contribution in [0.5, 0.6) is 0 Å². The molecule has 2 heterocycles. The van der Waals surface area contributed by atoms with Gasteiger partial charge in [-0.05, 0) is 49.6 Å². The number of hydrogen-bond donors (Lipinski definition) is 2. The Labute approximate surface area is 188 Å². The second-order valence-corrected chi connectivity index (χ2v) is 8.21. The SMILES string of the molecule is CC1(C)C(N)c2ccccc2N1C(=O)CCc1ccnc2ccccc12.O=C(O)C(F)(F)F. The number of halogens is 3. The van der Waals surface area contributed by atoms with Gasteiger partial charge in [-0.2, -0.15) is 13.2 Å². The lowest BCUT2D eigenvalue weighted by molar-refractivity contribution is -0.192. The lowest BCUT2D eigenvalue weighted by Crippen LogP contribution is -2.49. The summed E-state index contributed by atoms with van der Waals surface area (Å²) in [6, 6.07) is 17.8. The van der Waals surface area contributed by atoms with Crippen LogP contribution in [0.4, 0.5) is 18.9 Å². The van der Waals surface area contributed by atoms with Crippen LogP contribution in [0.3, 0.4) is 0 Å². The van der Waals surface area contributed by atoms with Crippen LogP contribution in [0.15, 0.2) is 60.8 Å². The molecule has 1 aliphatic heterocycles. The van der Waals surface area contributed by atoms with Crippen LogP contribution in [-0.4, -0.2) is 33.7 Å². The molecule has 0 bridgehead atoms. The number of amides is 1. The van der Waals surface area contributed by atoms with Crippen molar-refractivity contribution in [3.05, 3.63) is 71.9 Å². The van der Waals surface area contributed by atoms with Crippen LogP contribution in [0.1, 0.15) is 37.4 Å². The average molecular weight is 459 g/mol. The van der Waals surface area contributed by atoms with Gasteiger partial charge in [-0.25, -0.2) is 4.79 Å². The summed E-state index contributed by atoms with van der Waals surface area (Å²) in [5.74, 6) is -2.65. The highest BCUT2D eigenvalue weighted by Gasteiger charge is 2.45. The quantitative estimate of drug-likeness (QED) is 0.596. The molecule has 33 heavy (non-hydrogen) atoms. The Kier molecular flexibility index (Phi) is 6.73. The molecule has 0 aliphatic carbocycles. The zero-order chi connectivity index (χ0) is 24.4. The number of rotatable bonds is 3. The molecule has 6 nitrogen and oxygen atoms in total. The lowest BCUT2D eigenvalue weighted by atomic mass is 9.93. The van der Waals surface area contributed by atoms with Crippen molar-refractivity contribution in [1.82, 2.24) is 4.98 Å². The fourth-order valence-electron chi connectivity index (χ4n) is 3.97. The summed E-state index contributed by atoms with van der Waals surface area (Å²) >= 11 is 0. The van der Waals surface area contributed by atoms with Gasteiger partial charge in [0.15, 0.2) is 0 Å². The number of para-hydroxylation sites is 2. The number of hydrogen-bond acceptors (Lipinski definition) is 4. The molecule has 3 aromatic rings. The molecule has 0 spiro atoms. The van der Waals surface area contributed by atoms with Crippen molar-refractivity contribution in [1.29, 1.82) is 0 Å². The summed E-state index contributed by atoms with van der Waals surface area (Å²) in [5, 5.41) is 8.24. The minimum atomic E-state index is -5.08. The Bertz CT molecular complexity index is 1170. The van der Waals surface area contributed by atoms with Crippen LogP contribution >= 0.6 is 0 Å². The van der Waals surface area contributed by atoms with Crippen LogP contribution < -0.4 is 10.6 Å². The van der Waals surface area contributed by atoms with Gasteiger partial charge in [-0.3, -0.25) is 9.78 Å². The number of pyridine rings is 1. The number of alkyl halides is 3. The van der Waals surface area contributed by atoms with E-state index in [1.54, 1.807) is 0 Å². The van der Waals surface area contributed by atoms with Gasteiger partial charge in [-0.15, -0.1) is 0 Å². The number of carbonyl (C=O) groups excluding carboxylic acids is 1. The van der Waals surface area contributed by atoms with E-state index in [2.05, 4.69) is 11.1 Å². The van der Waals surface area contributed by atoms with E-state index in [1.807, 2.05) is 73.5 Å². The number of aromatic nitrogens is 1. The highest BCUT2D eigenvalue weighted by molar-refractivity contribution is 5.98. The first kappa shape index (κ1) is 24.2. The van der Waals surface area contributed by atoms with Crippen molar-refractivity contribution < 1.29 is 27.9 Å². The average Bonchev–Trinajstić information content (AvgIpc) is 2.97. The molecule has 3 N–H and O–H groups in total. The standard InChI is InChI=1S/C22H23N3O.C2HF3O2/c1-22(2)21(23)17-8-4-6-10-19(17)25(22)20(26)12-11-15-13-14-24-18-9-5-3-7-16(15)18;3-2(4,5)1(6)7/h3-10,13-14,21H,11-12,23H2,1-2H3;(H,6,7). The minimum absolute atomic E-state index is 0.108. The molecule has 0 saturated carbocycles. The number of benzene rings is 2. The first-order valence-electron chi connectivity index (χ1n) is 10.2. The Balaban J connectivity index is 0.000000383. The van der Waals surface area contributed by atoms with Crippen LogP contribution in [-0.2, 0) is 16.0 Å². The van der Waals surface area contributed by atoms with Gasteiger partial charge in [0, 0.05) is 23.7 Å². The number of aryl methyl sites for hydroxylation is 1. The zero-order valence-electron chi connectivity index (χ0n) is 18.1. The Hall–Kier alpha value is -3.46. The van der Waals surface area contributed by atoms with E-state index >= 15 is 0 Å². The smallest absolute Gasteiger partial charge is 0.475 e. The fourth-order valence-corrected chi connectivity index (χ4v) is 3.97. The van der Waals surface area contributed by atoms with Gasteiger partial charge in [-0.1, -0.05) is 36.4 Å².